The second-order valence-corrected chi connectivity index (χ2v) is 4.36. The van der Waals surface area contributed by atoms with Gasteiger partial charge in [-0.05, 0) is 34.7 Å². The Morgan fingerprint density at radius 3 is 2.79 bits per heavy atom. The van der Waals surface area contributed by atoms with Gasteiger partial charge in [0.1, 0.15) is 5.75 Å². The number of anilines is 1. The van der Waals surface area contributed by atoms with Gasteiger partial charge in [0.25, 0.3) is 0 Å². The van der Waals surface area contributed by atoms with Gasteiger partial charge in [-0.3, -0.25) is 4.98 Å². The van der Waals surface area contributed by atoms with Crippen LogP contribution in [0.1, 0.15) is 0 Å². The topological polar surface area (TPSA) is 48.1 Å². The number of aromatic nitrogens is 1. The Hall–Kier alpha value is -2.55. The van der Waals surface area contributed by atoms with E-state index in [0.717, 1.165) is 16.5 Å². The van der Waals surface area contributed by atoms with Crippen LogP contribution in [0.2, 0.25) is 0 Å². The first-order valence-electron chi connectivity index (χ1n) is 6.06. The summed E-state index contributed by atoms with van der Waals surface area (Å²) in [7, 11) is 1.62. The van der Waals surface area contributed by atoms with Crippen molar-refractivity contribution in [3.8, 4) is 16.9 Å². The number of nitrogens with two attached hydrogens (primary N) is 1. The van der Waals surface area contributed by atoms with Gasteiger partial charge in [-0.25, -0.2) is 0 Å². The highest BCUT2D eigenvalue weighted by Gasteiger charge is 2.06. The number of benzene rings is 2. The third-order valence-corrected chi connectivity index (χ3v) is 3.22. The fraction of sp³-hybridized carbons (Fsp3) is 0.0625. The molecule has 0 unspecified atom stereocenters. The van der Waals surface area contributed by atoms with Crippen molar-refractivity contribution in [3.63, 3.8) is 0 Å². The van der Waals surface area contributed by atoms with Crippen molar-refractivity contribution >= 4 is 16.5 Å². The summed E-state index contributed by atoms with van der Waals surface area (Å²) in [5.41, 5.74) is 8.80. The van der Waals surface area contributed by atoms with Crippen LogP contribution in [0, 0.1) is 0 Å². The van der Waals surface area contributed by atoms with Crippen molar-refractivity contribution in [3.05, 3.63) is 54.9 Å². The summed E-state index contributed by atoms with van der Waals surface area (Å²) in [6.07, 6.45) is 3.68. The number of fused-ring (bicyclic) bond motifs is 1. The minimum Gasteiger partial charge on any atom is -0.495 e. The summed E-state index contributed by atoms with van der Waals surface area (Å²) in [5, 5.41) is 2.29. The second kappa shape index (κ2) is 4.61. The summed E-state index contributed by atoms with van der Waals surface area (Å²) in [6.45, 7) is 0. The van der Waals surface area contributed by atoms with Crippen molar-refractivity contribution in [1.29, 1.82) is 0 Å². The largest absolute Gasteiger partial charge is 0.495 e. The van der Waals surface area contributed by atoms with Crippen LogP contribution in [0.3, 0.4) is 0 Å². The van der Waals surface area contributed by atoms with E-state index < -0.39 is 0 Å². The summed E-state index contributed by atoms with van der Waals surface area (Å²) in [4.78, 5) is 4.20. The molecule has 0 aliphatic heterocycles. The van der Waals surface area contributed by atoms with Crippen LogP contribution >= 0.6 is 0 Å². The van der Waals surface area contributed by atoms with Gasteiger partial charge >= 0.3 is 0 Å². The standard InChI is InChI=1S/C16H14N2O/c1-19-16-6-5-12(9-15(16)17)13-4-2-3-11-7-8-18-10-14(11)13/h2-10H,17H2,1H3. The highest BCUT2D eigenvalue weighted by molar-refractivity contribution is 5.96. The number of hydrogen-bond acceptors (Lipinski definition) is 3. The molecule has 0 saturated heterocycles. The highest BCUT2D eigenvalue weighted by Crippen LogP contribution is 2.32. The third-order valence-electron chi connectivity index (χ3n) is 3.22. The van der Waals surface area contributed by atoms with Crippen molar-refractivity contribution in [2.24, 2.45) is 0 Å². The molecule has 0 fully saturated rings. The molecule has 0 aliphatic rings. The molecule has 1 aromatic heterocycles. The van der Waals surface area contributed by atoms with Crippen LogP contribution < -0.4 is 10.5 Å². The van der Waals surface area contributed by atoms with E-state index in [1.54, 1.807) is 13.3 Å². The van der Waals surface area contributed by atoms with Crippen LogP contribution in [0.5, 0.6) is 5.75 Å². The highest BCUT2D eigenvalue weighted by atomic mass is 16.5. The van der Waals surface area contributed by atoms with Gasteiger partial charge in [-0.2, -0.15) is 0 Å². The maximum absolute atomic E-state index is 5.97. The summed E-state index contributed by atoms with van der Waals surface area (Å²) < 4.78 is 5.19. The Kier molecular flexibility index (Phi) is 2.80. The van der Waals surface area contributed by atoms with E-state index in [4.69, 9.17) is 10.5 Å². The zero-order valence-corrected chi connectivity index (χ0v) is 10.6. The zero-order chi connectivity index (χ0) is 13.2. The Morgan fingerprint density at radius 2 is 2.00 bits per heavy atom. The molecule has 2 aromatic carbocycles. The van der Waals surface area contributed by atoms with Crippen molar-refractivity contribution < 1.29 is 4.74 Å². The number of nitrogen functional groups attached to an aromatic ring is 1. The predicted octanol–water partition coefficient (Wildman–Crippen LogP) is 3.49. The summed E-state index contributed by atoms with van der Waals surface area (Å²) in [5.74, 6) is 0.696. The first-order valence-corrected chi connectivity index (χ1v) is 6.06. The average molecular weight is 250 g/mol. The smallest absolute Gasteiger partial charge is 0.141 e. The lowest BCUT2D eigenvalue weighted by Crippen LogP contribution is -1.92. The Labute approximate surface area is 111 Å². The molecule has 0 atom stereocenters. The number of ether oxygens (including phenoxy) is 1. The number of rotatable bonds is 2. The molecule has 3 aromatic rings. The van der Waals surface area contributed by atoms with Gasteiger partial charge in [0.2, 0.25) is 0 Å². The molecule has 3 heteroatoms. The molecular formula is C16H14N2O. The monoisotopic (exact) mass is 250 g/mol. The summed E-state index contributed by atoms with van der Waals surface area (Å²) in [6, 6.07) is 14.0. The Bertz CT molecular complexity index is 732. The Morgan fingerprint density at radius 1 is 1.11 bits per heavy atom. The predicted molar refractivity (Wildman–Crippen MR) is 78.1 cm³/mol. The minimum absolute atomic E-state index is 0.640. The number of hydrogen-bond donors (Lipinski definition) is 1. The van der Waals surface area contributed by atoms with Crippen LogP contribution in [0.4, 0.5) is 5.69 Å². The Balaban J connectivity index is 2.22. The molecule has 2 N–H and O–H groups in total. The number of methoxy groups -OCH3 is 1. The van der Waals surface area contributed by atoms with Crippen molar-refractivity contribution in [2.45, 2.75) is 0 Å². The third kappa shape index (κ3) is 1.99. The van der Waals surface area contributed by atoms with E-state index in [9.17, 15) is 0 Å². The van der Waals surface area contributed by atoms with Crippen molar-refractivity contribution in [1.82, 2.24) is 4.98 Å². The average Bonchev–Trinajstić information content (AvgIpc) is 2.46. The van der Waals surface area contributed by atoms with Gasteiger partial charge < -0.3 is 10.5 Å². The van der Waals surface area contributed by atoms with Crippen LogP contribution in [-0.2, 0) is 0 Å². The molecule has 1 heterocycles. The molecular weight excluding hydrogens is 236 g/mol. The van der Waals surface area contributed by atoms with E-state index in [1.165, 1.54) is 5.39 Å². The molecule has 0 radical (unpaired) electrons. The van der Waals surface area contributed by atoms with Gasteiger partial charge in [-0.1, -0.05) is 24.3 Å². The number of pyridine rings is 1. The maximum atomic E-state index is 5.97. The molecule has 0 aliphatic carbocycles. The molecule has 3 rings (SSSR count). The molecule has 3 nitrogen and oxygen atoms in total. The SMILES string of the molecule is COc1ccc(-c2cccc3ccncc23)cc1N. The van der Waals surface area contributed by atoms with Crippen LogP contribution in [0.25, 0.3) is 21.9 Å². The first kappa shape index (κ1) is 11.5. The lowest BCUT2D eigenvalue weighted by molar-refractivity contribution is 0.417. The van der Waals surface area contributed by atoms with Gasteiger partial charge in [0.15, 0.2) is 0 Å². The maximum Gasteiger partial charge on any atom is 0.141 e. The fourth-order valence-electron chi connectivity index (χ4n) is 2.27. The van der Waals surface area contributed by atoms with Gasteiger partial charge in [-0.15, -0.1) is 0 Å². The molecule has 0 spiro atoms. The van der Waals surface area contributed by atoms with E-state index in [-0.39, 0.29) is 0 Å². The zero-order valence-electron chi connectivity index (χ0n) is 10.6. The van der Waals surface area contributed by atoms with E-state index in [0.29, 0.717) is 11.4 Å². The van der Waals surface area contributed by atoms with Crippen molar-refractivity contribution in [2.75, 3.05) is 12.8 Å². The first-order chi connectivity index (χ1) is 9.29. The molecule has 0 bridgehead atoms. The normalized spacial score (nSPS) is 10.6. The lowest BCUT2D eigenvalue weighted by Gasteiger charge is -2.09. The van der Waals surface area contributed by atoms with Gasteiger partial charge in [0.05, 0.1) is 12.8 Å². The minimum atomic E-state index is 0.640. The summed E-state index contributed by atoms with van der Waals surface area (Å²) >= 11 is 0. The van der Waals surface area contributed by atoms with Crippen LogP contribution in [-0.4, -0.2) is 12.1 Å². The van der Waals surface area contributed by atoms with E-state index in [2.05, 4.69) is 17.1 Å². The molecule has 0 saturated carbocycles. The second-order valence-electron chi connectivity index (χ2n) is 4.36. The quantitative estimate of drug-likeness (QED) is 0.708. The van der Waals surface area contributed by atoms with Crippen LogP contribution in [0.15, 0.2) is 54.9 Å². The van der Waals surface area contributed by atoms with Gasteiger partial charge in [0, 0.05) is 17.8 Å². The molecule has 94 valence electrons. The number of nitrogens with zero attached hydrogens (tertiary/aromatic N) is 1. The fourth-order valence-corrected chi connectivity index (χ4v) is 2.27. The van der Waals surface area contributed by atoms with E-state index in [1.807, 2.05) is 36.5 Å². The van der Waals surface area contributed by atoms with E-state index >= 15 is 0 Å². The molecule has 0 amide bonds. The molecule has 19 heavy (non-hydrogen) atoms. The lowest BCUT2D eigenvalue weighted by atomic mass is 9.99.